The fourth-order valence-corrected chi connectivity index (χ4v) is 6.90. The van der Waals surface area contributed by atoms with Gasteiger partial charge in [-0.05, 0) is 65.9 Å². The smallest absolute Gasteiger partial charge is 0.293 e. The van der Waals surface area contributed by atoms with Crippen molar-refractivity contribution in [3.63, 3.8) is 0 Å². The fraction of sp³-hybridized carbons (Fsp3) is 0.207. The van der Waals surface area contributed by atoms with Gasteiger partial charge in [0.1, 0.15) is 5.82 Å². The number of piperazine rings is 1. The molecule has 0 unspecified atom stereocenters. The summed E-state index contributed by atoms with van der Waals surface area (Å²) in [7, 11) is -3.85. The summed E-state index contributed by atoms with van der Waals surface area (Å²) >= 11 is 0.846. The molecule has 2 aliphatic heterocycles. The number of nitrogens with zero attached hydrogens (tertiary/aromatic N) is 3. The maximum atomic E-state index is 13.3. The molecule has 2 heterocycles. The maximum absolute atomic E-state index is 13.3. The summed E-state index contributed by atoms with van der Waals surface area (Å²) in [6.07, 6.45) is 1.65. The number of carbonyl (C=O) groups excluding carboxylic acids is 3. The summed E-state index contributed by atoms with van der Waals surface area (Å²) in [5.41, 5.74) is 1.77. The number of benzene rings is 3. The van der Waals surface area contributed by atoms with Gasteiger partial charge in [-0.15, -0.1) is 0 Å². The highest BCUT2D eigenvalue weighted by Gasteiger charge is 2.35. The van der Waals surface area contributed by atoms with E-state index in [1.807, 2.05) is 35.2 Å². The molecule has 0 saturated carbocycles. The molecule has 2 fully saturated rings. The molecule has 12 heteroatoms. The zero-order chi connectivity index (χ0) is 29.0. The molecule has 0 aliphatic carbocycles. The monoisotopic (exact) mass is 594 g/mol. The van der Waals surface area contributed by atoms with Crippen LogP contribution in [0.1, 0.15) is 15.9 Å². The highest BCUT2D eigenvalue weighted by Crippen LogP contribution is 2.32. The summed E-state index contributed by atoms with van der Waals surface area (Å²) < 4.78 is 41.2. The van der Waals surface area contributed by atoms with E-state index >= 15 is 0 Å². The predicted octanol–water partition coefficient (Wildman–Crippen LogP) is 3.80. The quantitative estimate of drug-likeness (QED) is 0.396. The van der Waals surface area contributed by atoms with E-state index in [4.69, 9.17) is 0 Å². The molecule has 3 aromatic carbocycles. The van der Waals surface area contributed by atoms with Crippen molar-refractivity contribution in [2.45, 2.75) is 4.90 Å². The lowest BCUT2D eigenvalue weighted by molar-refractivity contribution is -0.122. The van der Waals surface area contributed by atoms with Crippen LogP contribution in [0.3, 0.4) is 0 Å². The van der Waals surface area contributed by atoms with Crippen LogP contribution in [0.4, 0.5) is 14.9 Å². The molecule has 0 atom stereocenters. The Morgan fingerprint density at radius 2 is 1.63 bits per heavy atom. The van der Waals surface area contributed by atoms with Crippen LogP contribution < -0.4 is 10.2 Å². The maximum Gasteiger partial charge on any atom is 0.293 e. The number of anilines is 1. The number of carbonyl (C=O) groups is 3. The van der Waals surface area contributed by atoms with Gasteiger partial charge in [0.05, 0.1) is 9.80 Å². The number of nitrogens with one attached hydrogen (secondary N) is 1. The van der Waals surface area contributed by atoms with Crippen molar-refractivity contribution in [2.75, 3.05) is 44.2 Å². The number of rotatable bonds is 8. The van der Waals surface area contributed by atoms with Crippen molar-refractivity contribution in [3.05, 3.63) is 101 Å². The lowest BCUT2D eigenvalue weighted by Gasteiger charge is -2.35. The van der Waals surface area contributed by atoms with Gasteiger partial charge in [-0.25, -0.2) is 12.8 Å². The molecule has 0 aromatic heterocycles. The van der Waals surface area contributed by atoms with E-state index in [2.05, 4.69) is 5.32 Å². The Hall–Kier alpha value is -4.00. The number of imide groups is 1. The molecular weight excluding hydrogens is 567 g/mol. The minimum absolute atomic E-state index is 0.00243. The second-order valence-electron chi connectivity index (χ2n) is 9.40. The van der Waals surface area contributed by atoms with Gasteiger partial charge in [0.2, 0.25) is 10.0 Å². The third kappa shape index (κ3) is 6.50. The minimum atomic E-state index is -3.85. The molecule has 3 amide bonds. The third-order valence-electron chi connectivity index (χ3n) is 6.76. The van der Waals surface area contributed by atoms with Gasteiger partial charge in [0.15, 0.2) is 0 Å². The van der Waals surface area contributed by atoms with E-state index < -0.39 is 27.1 Å². The highest BCUT2D eigenvalue weighted by molar-refractivity contribution is 8.18. The molecule has 0 bridgehead atoms. The van der Waals surface area contributed by atoms with E-state index in [0.717, 1.165) is 27.9 Å². The molecule has 2 saturated heterocycles. The molecule has 212 valence electrons. The van der Waals surface area contributed by atoms with E-state index in [1.165, 1.54) is 40.7 Å². The van der Waals surface area contributed by atoms with Crippen LogP contribution in [0.5, 0.6) is 0 Å². The lowest BCUT2D eigenvalue weighted by atomic mass is 10.2. The van der Waals surface area contributed by atoms with Crippen LogP contribution in [-0.2, 0) is 14.8 Å². The summed E-state index contributed by atoms with van der Waals surface area (Å²) in [5, 5.41) is 2.24. The molecule has 0 spiro atoms. The summed E-state index contributed by atoms with van der Waals surface area (Å²) in [6, 6.07) is 21.0. The molecule has 41 heavy (non-hydrogen) atoms. The average Bonchev–Trinajstić information content (AvgIpc) is 3.25. The third-order valence-corrected chi connectivity index (χ3v) is 9.56. The molecule has 1 N–H and O–H groups in total. The number of halogens is 1. The fourth-order valence-electron chi connectivity index (χ4n) is 4.56. The molecule has 5 rings (SSSR count). The van der Waals surface area contributed by atoms with Gasteiger partial charge in [-0.3, -0.25) is 19.3 Å². The number of sulfonamides is 1. The van der Waals surface area contributed by atoms with Crippen molar-refractivity contribution >= 4 is 50.6 Å². The number of amides is 3. The Kier molecular flexibility index (Phi) is 8.52. The highest BCUT2D eigenvalue weighted by atomic mass is 32.2. The van der Waals surface area contributed by atoms with Crippen LogP contribution in [0.2, 0.25) is 0 Å². The second kappa shape index (κ2) is 12.2. The Balaban J connectivity index is 1.17. The minimum Gasteiger partial charge on any atom is -0.369 e. The Morgan fingerprint density at radius 1 is 0.927 bits per heavy atom. The molecular formula is C29H27FN4O5S2. The zero-order valence-electron chi connectivity index (χ0n) is 21.9. The van der Waals surface area contributed by atoms with Crippen molar-refractivity contribution in [3.8, 4) is 0 Å². The summed E-state index contributed by atoms with van der Waals surface area (Å²) in [4.78, 5) is 41.3. The Labute approximate surface area is 241 Å². The summed E-state index contributed by atoms with van der Waals surface area (Å²) in [6.45, 7) is 1.37. The second-order valence-corrected chi connectivity index (χ2v) is 12.3. The molecule has 0 radical (unpaired) electrons. The van der Waals surface area contributed by atoms with Gasteiger partial charge >= 0.3 is 0 Å². The van der Waals surface area contributed by atoms with Crippen LogP contribution in [0.25, 0.3) is 6.08 Å². The zero-order valence-corrected chi connectivity index (χ0v) is 23.5. The van der Waals surface area contributed by atoms with Gasteiger partial charge in [0.25, 0.3) is 17.1 Å². The normalized spacial score (nSPS) is 17.3. The predicted molar refractivity (Wildman–Crippen MR) is 155 cm³/mol. The van der Waals surface area contributed by atoms with E-state index in [0.29, 0.717) is 18.0 Å². The van der Waals surface area contributed by atoms with Crippen LogP contribution in [0, 0.1) is 5.82 Å². The number of thioether (sulfide) groups is 1. The van der Waals surface area contributed by atoms with E-state index in [9.17, 15) is 27.2 Å². The van der Waals surface area contributed by atoms with Crippen LogP contribution >= 0.6 is 11.8 Å². The van der Waals surface area contributed by atoms with Crippen molar-refractivity contribution in [1.29, 1.82) is 0 Å². The first-order chi connectivity index (χ1) is 19.7. The van der Waals surface area contributed by atoms with Crippen LogP contribution in [-0.4, -0.2) is 73.9 Å². The van der Waals surface area contributed by atoms with E-state index in [1.54, 1.807) is 18.2 Å². The van der Waals surface area contributed by atoms with Crippen LogP contribution in [0.15, 0.2) is 88.7 Å². The molecule has 3 aromatic rings. The molecule has 9 nitrogen and oxygen atoms in total. The van der Waals surface area contributed by atoms with Gasteiger partial charge in [-0.2, -0.15) is 4.31 Å². The number of hydrogen-bond acceptors (Lipinski definition) is 7. The first-order valence-corrected chi connectivity index (χ1v) is 15.2. The summed E-state index contributed by atoms with van der Waals surface area (Å²) in [5.74, 6) is -1.28. The van der Waals surface area contributed by atoms with Gasteiger partial charge in [0, 0.05) is 50.5 Å². The SMILES string of the molecule is O=C(NCCN1C(=O)SC(=Cc2ccccc2)C1=O)c1cccc(S(=O)(=O)N2CCN(c3ccc(F)cc3)CC2)c1. The topological polar surface area (TPSA) is 107 Å². The largest absolute Gasteiger partial charge is 0.369 e. The van der Waals surface area contributed by atoms with Crippen molar-refractivity contribution in [1.82, 2.24) is 14.5 Å². The average molecular weight is 595 g/mol. The Morgan fingerprint density at radius 3 is 2.34 bits per heavy atom. The Bertz CT molecular complexity index is 1590. The first-order valence-electron chi connectivity index (χ1n) is 12.9. The molecule has 2 aliphatic rings. The standard InChI is InChI=1S/C29H27FN4O5S2/c30-23-9-11-24(12-10-23)32-15-17-33(18-16-32)41(38,39)25-8-4-7-22(20-25)27(35)31-13-14-34-28(36)26(40-29(34)37)19-21-5-2-1-3-6-21/h1-12,19-20H,13-18H2,(H,31,35). The van der Waals surface area contributed by atoms with Crippen molar-refractivity contribution in [2.24, 2.45) is 0 Å². The lowest BCUT2D eigenvalue weighted by Crippen LogP contribution is -2.48. The van der Waals surface area contributed by atoms with Gasteiger partial charge < -0.3 is 10.2 Å². The van der Waals surface area contributed by atoms with Crippen molar-refractivity contribution < 1.29 is 27.2 Å². The first kappa shape index (κ1) is 28.5. The van der Waals surface area contributed by atoms with Gasteiger partial charge in [-0.1, -0.05) is 36.4 Å². The number of hydrogen-bond donors (Lipinski definition) is 1. The van der Waals surface area contributed by atoms with E-state index in [-0.39, 0.29) is 42.5 Å².